The molecule has 2 aromatic heterocycles. The standard InChI is InChI=1S/C26H35N5O3/c1-5-31-25-21(16-29-31)24(30-17(2)18-9-7-6-8-10-18)22(15-27-25)26(32)28-14-19-11-12-20(33-3)13-23(19)34-4/h11-13,15-18H,5-10,14H2,1-4H3,(H,27,30)(H,28,32). The highest BCUT2D eigenvalue weighted by Gasteiger charge is 2.24. The van der Waals surface area contributed by atoms with Crippen LogP contribution in [0.3, 0.4) is 0 Å². The van der Waals surface area contributed by atoms with E-state index in [1.54, 1.807) is 20.4 Å². The van der Waals surface area contributed by atoms with E-state index in [4.69, 9.17) is 9.47 Å². The summed E-state index contributed by atoms with van der Waals surface area (Å²) in [7, 11) is 3.22. The van der Waals surface area contributed by atoms with Crippen LogP contribution in [0.5, 0.6) is 11.5 Å². The summed E-state index contributed by atoms with van der Waals surface area (Å²) in [6.45, 7) is 5.30. The Bertz CT molecular complexity index is 1140. The van der Waals surface area contributed by atoms with Crippen LogP contribution in [-0.4, -0.2) is 40.9 Å². The molecule has 1 unspecified atom stereocenters. The molecule has 0 radical (unpaired) electrons. The number of carbonyl (C=O) groups is 1. The highest BCUT2D eigenvalue weighted by Crippen LogP contribution is 2.32. The lowest BCUT2D eigenvalue weighted by atomic mass is 9.84. The maximum absolute atomic E-state index is 13.4. The number of methoxy groups -OCH3 is 2. The molecule has 182 valence electrons. The van der Waals surface area contributed by atoms with Crippen molar-refractivity contribution in [1.82, 2.24) is 20.1 Å². The Morgan fingerprint density at radius 1 is 1.18 bits per heavy atom. The van der Waals surface area contributed by atoms with E-state index in [-0.39, 0.29) is 11.9 Å². The number of aryl methyl sites for hydroxylation is 1. The summed E-state index contributed by atoms with van der Waals surface area (Å²) in [5, 5.41) is 12.1. The van der Waals surface area contributed by atoms with Crippen LogP contribution in [0.1, 0.15) is 61.9 Å². The van der Waals surface area contributed by atoms with Crippen LogP contribution in [0.4, 0.5) is 5.69 Å². The van der Waals surface area contributed by atoms with Gasteiger partial charge in [-0.2, -0.15) is 5.10 Å². The fraction of sp³-hybridized carbons (Fsp3) is 0.500. The Morgan fingerprint density at radius 3 is 2.68 bits per heavy atom. The number of ether oxygens (including phenoxy) is 2. The van der Waals surface area contributed by atoms with Crippen molar-refractivity contribution in [3.63, 3.8) is 0 Å². The lowest BCUT2D eigenvalue weighted by molar-refractivity contribution is 0.0951. The summed E-state index contributed by atoms with van der Waals surface area (Å²) >= 11 is 0. The number of aromatic nitrogens is 3. The zero-order valence-corrected chi connectivity index (χ0v) is 20.6. The van der Waals surface area contributed by atoms with E-state index in [1.165, 1.54) is 32.1 Å². The second-order valence-corrected chi connectivity index (χ2v) is 8.94. The number of anilines is 1. The number of fused-ring (bicyclic) bond motifs is 1. The van der Waals surface area contributed by atoms with Gasteiger partial charge >= 0.3 is 0 Å². The summed E-state index contributed by atoms with van der Waals surface area (Å²) in [4.78, 5) is 17.9. The molecule has 1 aliphatic rings. The SMILES string of the molecule is CCn1ncc2c(NC(C)C3CCCCC3)c(C(=O)NCc3ccc(OC)cc3OC)cnc21. The first-order valence-corrected chi connectivity index (χ1v) is 12.2. The minimum absolute atomic E-state index is 0.185. The van der Waals surface area contributed by atoms with E-state index in [2.05, 4.69) is 27.6 Å². The number of nitrogens with zero attached hydrogens (tertiary/aromatic N) is 3. The summed E-state index contributed by atoms with van der Waals surface area (Å²) in [5.41, 5.74) is 2.99. The van der Waals surface area contributed by atoms with Crippen molar-refractivity contribution in [1.29, 1.82) is 0 Å². The number of nitrogens with one attached hydrogen (secondary N) is 2. The summed E-state index contributed by atoms with van der Waals surface area (Å²) in [5.74, 6) is 1.78. The van der Waals surface area contributed by atoms with E-state index < -0.39 is 0 Å². The Morgan fingerprint density at radius 2 is 1.97 bits per heavy atom. The monoisotopic (exact) mass is 465 g/mol. The molecule has 1 amide bonds. The lowest BCUT2D eigenvalue weighted by Gasteiger charge is -2.29. The van der Waals surface area contributed by atoms with Crippen molar-refractivity contribution in [3.8, 4) is 11.5 Å². The maximum Gasteiger partial charge on any atom is 0.255 e. The molecule has 2 N–H and O–H groups in total. The van der Waals surface area contributed by atoms with Crippen LogP contribution in [0, 0.1) is 5.92 Å². The average molecular weight is 466 g/mol. The van der Waals surface area contributed by atoms with E-state index in [1.807, 2.05) is 36.0 Å². The van der Waals surface area contributed by atoms with Crippen LogP contribution in [-0.2, 0) is 13.1 Å². The highest BCUT2D eigenvalue weighted by atomic mass is 16.5. The van der Waals surface area contributed by atoms with Crippen molar-refractivity contribution < 1.29 is 14.3 Å². The van der Waals surface area contributed by atoms with Gasteiger partial charge in [-0.05, 0) is 44.7 Å². The number of hydrogen-bond acceptors (Lipinski definition) is 6. The van der Waals surface area contributed by atoms with Gasteiger partial charge < -0.3 is 20.1 Å². The number of rotatable bonds is 9. The molecule has 0 bridgehead atoms. The van der Waals surface area contributed by atoms with Crippen molar-refractivity contribution in [3.05, 3.63) is 41.7 Å². The molecule has 8 nitrogen and oxygen atoms in total. The average Bonchev–Trinajstić information content (AvgIpc) is 3.31. The van der Waals surface area contributed by atoms with Crippen LogP contribution in [0.25, 0.3) is 11.0 Å². The summed E-state index contributed by atoms with van der Waals surface area (Å²) in [6, 6.07) is 5.82. The Kier molecular flexibility index (Phi) is 7.55. The second-order valence-electron chi connectivity index (χ2n) is 8.94. The highest BCUT2D eigenvalue weighted by molar-refractivity contribution is 6.06. The fourth-order valence-electron chi connectivity index (χ4n) is 4.83. The molecule has 8 heteroatoms. The van der Waals surface area contributed by atoms with E-state index >= 15 is 0 Å². The third-order valence-corrected chi connectivity index (χ3v) is 6.87. The van der Waals surface area contributed by atoms with Gasteiger partial charge in [-0.25, -0.2) is 9.67 Å². The molecule has 34 heavy (non-hydrogen) atoms. The molecule has 4 rings (SSSR count). The van der Waals surface area contributed by atoms with Gasteiger partial charge in [0.15, 0.2) is 5.65 Å². The molecular formula is C26H35N5O3. The largest absolute Gasteiger partial charge is 0.497 e. The molecule has 1 saturated carbocycles. The Balaban J connectivity index is 1.60. The minimum atomic E-state index is -0.185. The molecular weight excluding hydrogens is 430 g/mol. The minimum Gasteiger partial charge on any atom is -0.497 e. The maximum atomic E-state index is 13.4. The van der Waals surface area contributed by atoms with E-state index in [9.17, 15) is 4.79 Å². The van der Waals surface area contributed by atoms with E-state index in [0.717, 1.165) is 28.8 Å². The van der Waals surface area contributed by atoms with Gasteiger partial charge in [0.1, 0.15) is 11.5 Å². The Labute approximate surface area is 201 Å². The van der Waals surface area contributed by atoms with Gasteiger partial charge in [-0.3, -0.25) is 4.79 Å². The van der Waals surface area contributed by atoms with Crippen LogP contribution in [0.2, 0.25) is 0 Å². The van der Waals surface area contributed by atoms with E-state index in [0.29, 0.717) is 29.5 Å². The quantitative estimate of drug-likeness (QED) is 0.473. The number of carbonyl (C=O) groups excluding carboxylic acids is 1. The van der Waals surface area contributed by atoms with Crippen LogP contribution < -0.4 is 20.1 Å². The number of hydrogen-bond donors (Lipinski definition) is 2. The molecule has 2 heterocycles. The van der Waals surface area contributed by atoms with Crippen LogP contribution >= 0.6 is 0 Å². The summed E-state index contributed by atoms with van der Waals surface area (Å²) < 4.78 is 12.6. The molecule has 0 saturated heterocycles. The van der Waals surface area contributed by atoms with Gasteiger partial charge in [0.2, 0.25) is 0 Å². The molecule has 0 spiro atoms. The molecule has 1 aliphatic carbocycles. The topological polar surface area (TPSA) is 90.3 Å². The predicted octanol–water partition coefficient (Wildman–Crippen LogP) is 4.78. The Hall–Kier alpha value is -3.29. The van der Waals surface area contributed by atoms with Gasteiger partial charge in [-0.1, -0.05) is 19.3 Å². The first-order valence-electron chi connectivity index (χ1n) is 12.2. The van der Waals surface area contributed by atoms with Gasteiger partial charge in [-0.15, -0.1) is 0 Å². The molecule has 1 aromatic carbocycles. The third kappa shape index (κ3) is 4.95. The molecule has 1 atom stereocenters. The third-order valence-electron chi connectivity index (χ3n) is 6.87. The van der Waals surface area contributed by atoms with Gasteiger partial charge in [0.25, 0.3) is 5.91 Å². The summed E-state index contributed by atoms with van der Waals surface area (Å²) in [6.07, 6.45) is 9.76. The zero-order valence-electron chi connectivity index (χ0n) is 20.6. The second kappa shape index (κ2) is 10.8. The first-order chi connectivity index (χ1) is 16.5. The number of benzene rings is 1. The smallest absolute Gasteiger partial charge is 0.255 e. The van der Waals surface area contributed by atoms with Crippen molar-refractivity contribution >= 4 is 22.6 Å². The van der Waals surface area contributed by atoms with Crippen molar-refractivity contribution in [2.75, 3.05) is 19.5 Å². The first kappa shape index (κ1) is 23.9. The van der Waals surface area contributed by atoms with Crippen molar-refractivity contribution in [2.24, 2.45) is 5.92 Å². The predicted molar refractivity (Wildman–Crippen MR) is 134 cm³/mol. The fourth-order valence-corrected chi connectivity index (χ4v) is 4.83. The lowest BCUT2D eigenvalue weighted by Crippen LogP contribution is -2.30. The van der Waals surface area contributed by atoms with Gasteiger partial charge in [0.05, 0.1) is 37.1 Å². The van der Waals surface area contributed by atoms with Gasteiger partial charge in [0, 0.05) is 37.0 Å². The normalized spacial score (nSPS) is 15.2. The van der Waals surface area contributed by atoms with Crippen LogP contribution in [0.15, 0.2) is 30.6 Å². The molecule has 1 fully saturated rings. The zero-order chi connectivity index (χ0) is 24.1. The number of amides is 1. The van der Waals surface area contributed by atoms with Crippen molar-refractivity contribution in [2.45, 2.75) is 65.1 Å². The molecule has 3 aromatic rings. The number of pyridine rings is 1. The molecule has 0 aliphatic heterocycles.